The highest BCUT2D eigenvalue weighted by Gasteiger charge is 2.39. The maximum absolute atomic E-state index is 13.1. The third-order valence-electron chi connectivity index (χ3n) is 6.15. The van der Waals surface area contributed by atoms with Crippen molar-refractivity contribution in [1.29, 1.82) is 0 Å². The van der Waals surface area contributed by atoms with Crippen molar-refractivity contribution in [2.24, 2.45) is 5.92 Å². The summed E-state index contributed by atoms with van der Waals surface area (Å²) >= 11 is 0. The summed E-state index contributed by atoms with van der Waals surface area (Å²) in [6, 6.07) is 6.50. The standard InChI is InChI=1S/C20H25N3O4/c24-19-9-13(20(25)22-6-5-14-1-2-15(12-22)21-14)11-23(19)16-3-4-17-18(10-16)27-8-7-26-17/h3-4,10,13-15,21H,1-2,5-9,11-12H2. The van der Waals surface area contributed by atoms with E-state index in [-0.39, 0.29) is 24.2 Å². The van der Waals surface area contributed by atoms with Crippen LogP contribution in [0.4, 0.5) is 5.69 Å². The molecule has 1 aromatic rings. The number of anilines is 1. The maximum Gasteiger partial charge on any atom is 0.228 e. The van der Waals surface area contributed by atoms with Gasteiger partial charge in [-0.25, -0.2) is 0 Å². The Morgan fingerprint density at radius 1 is 1.04 bits per heavy atom. The molecule has 2 bridgehead atoms. The third kappa shape index (κ3) is 3.14. The first-order chi connectivity index (χ1) is 13.2. The molecule has 2 amide bonds. The van der Waals surface area contributed by atoms with Crippen LogP contribution in [0.25, 0.3) is 0 Å². The summed E-state index contributed by atoms with van der Waals surface area (Å²) in [7, 11) is 0. The fourth-order valence-corrected chi connectivity index (χ4v) is 4.72. The smallest absolute Gasteiger partial charge is 0.228 e. The number of amides is 2. The zero-order valence-electron chi connectivity index (χ0n) is 15.4. The van der Waals surface area contributed by atoms with Gasteiger partial charge in [-0.3, -0.25) is 9.59 Å². The monoisotopic (exact) mass is 371 g/mol. The molecule has 0 aliphatic carbocycles. The maximum atomic E-state index is 13.1. The van der Waals surface area contributed by atoms with Gasteiger partial charge in [0.15, 0.2) is 11.5 Å². The summed E-state index contributed by atoms with van der Waals surface area (Å²) in [5, 5.41) is 3.60. The topological polar surface area (TPSA) is 71.1 Å². The Morgan fingerprint density at radius 2 is 1.85 bits per heavy atom. The highest BCUT2D eigenvalue weighted by atomic mass is 16.6. The number of likely N-dealkylation sites (tertiary alicyclic amines) is 1. The van der Waals surface area contributed by atoms with Crippen molar-refractivity contribution in [3.63, 3.8) is 0 Å². The third-order valence-corrected chi connectivity index (χ3v) is 6.15. The van der Waals surface area contributed by atoms with Gasteiger partial charge in [0, 0.05) is 49.9 Å². The average Bonchev–Trinajstić information content (AvgIpc) is 3.23. The summed E-state index contributed by atoms with van der Waals surface area (Å²) in [6.07, 6.45) is 3.65. The van der Waals surface area contributed by atoms with Crippen molar-refractivity contribution < 1.29 is 19.1 Å². The molecule has 27 heavy (non-hydrogen) atoms. The van der Waals surface area contributed by atoms with Crippen molar-refractivity contribution in [3.8, 4) is 11.5 Å². The van der Waals surface area contributed by atoms with E-state index in [1.165, 1.54) is 6.42 Å². The molecule has 1 aromatic carbocycles. The number of hydrogen-bond acceptors (Lipinski definition) is 5. The average molecular weight is 371 g/mol. The van der Waals surface area contributed by atoms with Crippen LogP contribution in [0.5, 0.6) is 11.5 Å². The van der Waals surface area contributed by atoms with Crippen LogP contribution in [0.15, 0.2) is 18.2 Å². The van der Waals surface area contributed by atoms with Gasteiger partial charge in [0.1, 0.15) is 13.2 Å². The molecule has 3 saturated heterocycles. The van der Waals surface area contributed by atoms with Crippen molar-refractivity contribution in [1.82, 2.24) is 10.2 Å². The number of hydrogen-bond donors (Lipinski definition) is 1. The molecule has 3 unspecified atom stereocenters. The van der Waals surface area contributed by atoms with Gasteiger partial charge in [0.25, 0.3) is 0 Å². The number of carbonyl (C=O) groups excluding carboxylic acids is 2. The van der Waals surface area contributed by atoms with Crippen LogP contribution < -0.4 is 19.7 Å². The number of carbonyl (C=O) groups is 2. The Balaban J connectivity index is 1.29. The van der Waals surface area contributed by atoms with Gasteiger partial charge < -0.3 is 24.6 Å². The summed E-state index contributed by atoms with van der Waals surface area (Å²) in [5.74, 6) is 1.23. The highest BCUT2D eigenvalue weighted by Crippen LogP contribution is 2.36. The van der Waals surface area contributed by atoms with Crippen LogP contribution in [-0.2, 0) is 9.59 Å². The van der Waals surface area contributed by atoms with Gasteiger partial charge in [-0.05, 0) is 31.4 Å². The lowest BCUT2D eigenvalue weighted by atomic mass is 10.0. The van der Waals surface area contributed by atoms with Gasteiger partial charge in [-0.15, -0.1) is 0 Å². The number of fused-ring (bicyclic) bond motifs is 3. The lowest BCUT2D eigenvalue weighted by Crippen LogP contribution is -2.42. The number of rotatable bonds is 2. The molecule has 0 saturated carbocycles. The Hall–Kier alpha value is -2.28. The molecule has 144 valence electrons. The molecule has 4 heterocycles. The zero-order chi connectivity index (χ0) is 18.4. The SMILES string of the molecule is O=C(C1CC(=O)N(c2ccc3c(c2)OCCO3)C1)N1CCC2CCC(C1)N2. The first kappa shape index (κ1) is 16.9. The molecule has 0 spiro atoms. The zero-order valence-corrected chi connectivity index (χ0v) is 15.4. The minimum Gasteiger partial charge on any atom is -0.486 e. The largest absolute Gasteiger partial charge is 0.486 e. The van der Waals surface area contributed by atoms with Crippen LogP contribution in [0.3, 0.4) is 0 Å². The number of benzene rings is 1. The number of nitrogens with one attached hydrogen (secondary N) is 1. The number of ether oxygens (including phenoxy) is 2. The van der Waals surface area contributed by atoms with Gasteiger partial charge in [0.2, 0.25) is 11.8 Å². The van der Waals surface area contributed by atoms with E-state index in [1.54, 1.807) is 4.90 Å². The minimum atomic E-state index is -0.262. The van der Waals surface area contributed by atoms with Crippen LogP contribution >= 0.6 is 0 Å². The van der Waals surface area contributed by atoms with E-state index in [0.717, 1.165) is 31.6 Å². The summed E-state index contributed by atoms with van der Waals surface area (Å²) < 4.78 is 11.2. The van der Waals surface area contributed by atoms with Crippen molar-refractivity contribution >= 4 is 17.5 Å². The van der Waals surface area contributed by atoms with E-state index in [4.69, 9.17) is 9.47 Å². The van der Waals surface area contributed by atoms with Crippen molar-refractivity contribution in [2.45, 2.75) is 37.8 Å². The van der Waals surface area contributed by atoms with Crippen LogP contribution in [0.2, 0.25) is 0 Å². The summed E-state index contributed by atoms with van der Waals surface area (Å²) in [5.41, 5.74) is 0.774. The number of nitrogens with zero attached hydrogens (tertiary/aromatic N) is 2. The minimum absolute atomic E-state index is 0.000467. The molecular weight excluding hydrogens is 346 g/mol. The fourth-order valence-electron chi connectivity index (χ4n) is 4.72. The molecule has 7 heteroatoms. The van der Waals surface area contributed by atoms with E-state index in [0.29, 0.717) is 43.3 Å². The van der Waals surface area contributed by atoms with Gasteiger partial charge in [-0.1, -0.05) is 0 Å². The van der Waals surface area contributed by atoms with Crippen molar-refractivity contribution in [3.05, 3.63) is 18.2 Å². The van der Waals surface area contributed by atoms with Crippen molar-refractivity contribution in [2.75, 3.05) is 37.7 Å². The van der Waals surface area contributed by atoms with Crippen LogP contribution in [0, 0.1) is 5.92 Å². The molecule has 1 N–H and O–H groups in total. The Labute approximate surface area is 158 Å². The lowest BCUT2D eigenvalue weighted by molar-refractivity contribution is -0.136. The molecule has 3 atom stereocenters. The quantitative estimate of drug-likeness (QED) is 0.845. The predicted octanol–water partition coefficient (Wildman–Crippen LogP) is 1.16. The Morgan fingerprint density at radius 3 is 2.74 bits per heavy atom. The summed E-state index contributed by atoms with van der Waals surface area (Å²) in [6.45, 7) is 3.05. The van der Waals surface area contributed by atoms with E-state index in [9.17, 15) is 9.59 Å². The normalized spacial score (nSPS) is 29.8. The van der Waals surface area contributed by atoms with E-state index in [2.05, 4.69) is 5.32 Å². The fraction of sp³-hybridized carbons (Fsp3) is 0.600. The van der Waals surface area contributed by atoms with E-state index < -0.39 is 0 Å². The molecule has 4 aliphatic heterocycles. The molecule has 3 fully saturated rings. The van der Waals surface area contributed by atoms with E-state index in [1.807, 2.05) is 23.1 Å². The lowest BCUT2D eigenvalue weighted by Gasteiger charge is -2.27. The Kier molecular flexibility index (Phi) is 4.19. The van der Waals surface area contributed by atoms with Crippen LogP contribution in [-0.4, -0.2) is 61.6 Å². The van der Waals surface area contributed by atoms with E-state index >= 15 is 0 Å². The second kappa shape index (κ2) is 6.71. The molecule has 7 nitrogen and oxygen atoms in total. The van der Waals surface area contributed by atoms with Crippen LogP contribution in [0.1, 0.15) is 25.7 Å². The second-order valence-corrected chi connectivity index (χ2v) is 7.94. The molecule has 4 aliphatic rings. The first-order valence-corrected chi connectivity index (χ1v) is 9.92. The second-order valence-electron chi connectivity index (χ2n) is 7.94. The van der Waals surface area contributed by atoms with Gasteiger partial charge >= 0.3 is 0 Å². The molecule has 0 aromatic heterocycles. The predicted molar refractivity (Wildman–Crippen MR) is 99.0 cm³/mol. The molecule has 5 rings (SSSR count). The highest BCUT2D eigenvalue weighted by molar-refractivity contribution is 6.00. The van der Waals surface area contributed by atoms with Gasteiger partial charge in [0.05, 0.1) is 5.92 Å². The first-order valence-electron chi connectivity index (χ1n) is 9.92. The molecule has 0 radical (unpaired) electrons. The van der Waals surface area contributed by atoms with Gasteiger partial charge in [-0.2, -0.15) is 0 Å². The Bertz CT molecular complexity index is 768. The summed E-state index contributed by atoms with van der Waals surface area (Å²) in [4.78, 5) is 29.4. The molecular formula is C20H25N3O4.